The zero-order valence-electron chi connectivity index (χ0n) is 12.3. The monoisotopic (exact) mass is 277 g/mol. The Kier molecular flexibility index (Phi) is 6.22. The van der Waals surface area contributed by atoms with Gasteiger partial charge in [0.2, 0.25) is 5.91 Å². The summed E-state index contributed by atoms with van der Waals surface area (Å²) in [5.41, 5.74) is 0.918. The number of carbonyl (C=O) groups excluding carboxylic acids is 1. The lowest BCUT2D eigenvalue weighted by molar-refractivity contribution is -0.142. The highest BCUT2D eigenvalue weighted by Gasteiger charge is 2.25. The molecule has 4 nitrogen and oxygen atoms in total. The number of carbonyl (C=O) groups is 2. The van der Waals surface area contributed by atoms with E-state index in [0.29, 0.717) is 12.8 Å². The minimum atomic E-state index is -0.977. The van der Waals surface area contributed by atoms with Gasteiger partial charge in [0.05, 0.1) is 5.92 Å². The summed E-state index contributed by atoms with van der Waals surface area (Å²) in [6.45, 7) is 5.81. The maximum Gasteiger partial charge on any atom is 0.326 e. The van der Waals surface area contributed by atoms with Crippen molar-refractivity contribution >= 4 is 11.9 Å². The maximum absolute atomic E-state index is 12.3. The normalized spacial score (nSPS) is 13.8. The summed E-state index contributed by atoms with van der Waals surface area (Å²) in [5.74, 6) is -1.28. The quantitative estimate of drug-likeness (QED) is 0.805. The van der Waals surface area contributed by atoms with Gasteiger partial charge in [0.15, 0.2) is 0 Å². The van der Waals surface area contributed by atoms with E-state index in [1.54, 1.807) is 0 Å². The highest BCUT2D eigenvalue weighted by atomic mass is 16.4. The zero-order valence-corrected chi connectivity index (χ0v) is 12.3. The molecule has 1 aromatic carbocycles. The van der Waals surface area contributed by atoms with Crippen LogP contribution < -0.4 is 5.32 Å². The summed E-state index contributed by atoms with van der Waals surface area (Å²) < 4.78 is 0. The molecule has 0 heterocycles. The molecule has 4 heteroatoms. The molecular weight excluding hydrogens is 254 g/mol. The molecule has 110 valence electrons. The third-order valence-corrected chi connectivity index (χ3v) is 3.25. The van der Waals surface area contributed by atoms with Gasteiger partial charge in [-0.1, -0.05) is 51.1 Å². The Morgan fingerprint density at radius 1 is 1.20 bits per heavy atom. The lowest BCUT2D eigenvalue weighted by Crippen LogP contribution is -2.43. The van der Waals surface area contributed by atoms with E-state index in [0.717, 1.165) is 5.56 Å². The van der Waals surface area contributed by atoms with E-state index in [4.69, 9.17) is 0 Å². The van der Waals surface area contributed by atoms with Gasteiger partial charge >= 0.3 is 5.97 Å². The first-order valence-corrected chi connectivity index (χ1v) is 7.03. The summed E-state index contributed by atoms with van der Waals surface area (Å²) in [7, 11) is 0. The van der Waals surface area contributed by atoms with Crippen molar-refractivity contribution in [1.82, 2.24) is 5.32 Å². The fraction of sp³-hybridized carbons (Fsp3) is 0.500. The molecular formula is C16H23NO3. The molecule has 0 bridgehead atoms. The van der Waals surface area contributed by atoms with Crippen LogP contribution in [-0.4, -0.2) is 23.0 Å². The Bertz CT molecular complexity index is 442. The molecule has 2 atom stereocenters. The van der Waals surface area contributed by atoms with E-state index in [2.05, 4.69) is 5.32 Å². The van der Waals surface area contributed by atoms with Crippen molar-refractivity contribution in [2.75, 3.05) is 0 Å². The fourth-order valence-corrected chi connectivity index (χ4v) is 2.22. The average molecular weight is 277 g/mol. The molecule has 1 rings (SSSR count). The van der Waals surface area contributed by atoms with Crippen molar-refractivity contribution in [1.29, 1.82) is 0 Å². The molecule has 2 N–H and O–H groups in total. The summed E-state index contributed by atoms with van der Waals surface area (Å²) in [4.78, 5) is 23.5. The number of hydrogen-bond donors (Lipinski definition) is 2. The molecule has 0 aliphatic heterocycles. The number of rotatable bonds is 7. The van der Waals surface area contributed by atoms with E-state index >= 15 is 0 Å². The van der Waals surface area contributed by atoms with Crippen molar-refractivity contribution in [3.63, 3.8) is 0 Å². The molecule has 0 aliphatic rings. The van der Waals surface area contributed by atoms with Crippen molar-refractivity contribution in [3.05, 3.63) is 35.9 Å². The van der Waals surface area contributed by atoms with Gasteiger partial charge in [-0.25, -0.2) is 4.79 Å². The van der Waals surface area contributed by atoms with Crippen molar-refractivity contribution in [2.45, 2.75) is 45.6 Å². The Labute approximate surface area is 120 Å². The third-order valence-electron chi connectivity index (χ3n) is 3.25. The summed E-state index contributed by atoms with van der Waals surface area (Å²) >= 11 is 0. The predicted molar refractivity (Wildman–Crippen MR) is 78.5 cm³/mol. The summed E-state index contributed by atoms with van der Waals surface area (Å²) in [6.07, 6.45) is 1.08. The molecule has 0 fully saturated rings. The second-order valence-electron chi connectivity index (χ2n) is 5.40. The van der Waals surface area contributed by atoms with E-state index in [1.165, 1.54) is 0 Å². The molecule has 0 saturated heterocycles. The van der Waals surface area contributed by atoms with Crippen LogP contribution in [0.2, 0.25) is 0 Å². The number of hydrogen-bond acceptors (Lipinski definition) is 2. The van der Waals surface area contributed by atoms with Crippen LogP contribution >= 0.6 is 0 Å². The van der Waals surface area contributed by atoms with Crippen molar-refractivity contribution in [3.8, 4) is 0 Å². The molecule has 1 aromatic rings. The summed E-state index contributed by atoms with van der Waals surface area (Å²) in [5, 5.41) is 11.8. The van der Waals surface area contributed by atoms with Gasteiger partial charge in [0, 0.05) is 0 Å². The molecule has 0 saturated carbocycles. The van der Waals surface area contributed by atoms with Gasteiger partial charge in [0.25, 0.3) is 0 Å². The molecule has 0 radical (unpaired) electrons. The molecule has 0 aromatic heterocycles. The minimum Gasteiger partial charge on any atom is -0.480 e. The standard InChI is InChI=1S/C16H23NO3/c1-4-13(12-8-6-5-7-9-12)15(18)17-14(16(19)20)10-11(2)3/h5-9,11,13-14H,4,10H2,1-3H3,(H,17,18)(H,19,20)/t13?,14-/m1/s1. The molecule has 1 unspecified atom stereocenters. The van der Waals surface area contributed by atoms with Crippen molar-refractivity contribution in [2.24, 2.45) is 5.92 Å². The molecule has 0 aliphatic carbocycles. The Balaban J connectivity index is 2.78. The smallest absolute Gasteiger partial charge is 0.326 e. The van der Waals surface area contributed by atoms with E-state index in [-0.39, 0.29) is 17.7 Å². The number of carboxylic acid groups (broad SMARTS) is 1. The first-order chi connectivity index (χ1) is 9.45. The highest BCUT2D eigenvalue weighted by molar-refractivity contribution is 5.88. The predicted octanol–water partition coefficient (Wildman–Crippen LogP) is 2.80. The van der Waals surface area contributed by atoms with Crippen LogP contribution in [0, 0.1) is 5.92 Å². The molecule has 1 amide bonds. The van der Waals surface area contributed by atoms with Gasteiger partial charge in [-0.05, 0) is 24.3 Å². The lowest BCUT2D eigenvalue weighted by atomic mass is 9.94. The number of amides is 1. The molecule has 0 spiro atoms. The van der Waals surface area contributed by atoms with Gasteiger partial charge in [0.1, 0.15) is 6.04 Å². The Hall–Kier alpha value is -1.84. The van der Waals surface area contributed by atoms with Gasteiger partial charge < -0.3 is 10.4 Å². The topological polar surface area (TPSA) is 66.4 Å². The number of nitrogens with one attached hydrogen (secondary N) is 1. The second kappa shape index (κ2) is 7.68. The van der Waals surface area contributed by atoms with E-state index < -0.39 is 12.0 Å². The number of benzene rings is 1. The Morgan fingerprint density at radius 2 is 1.80 bits per heavy atom. The lowest BCUT2D eigenvalue weighted by Gasteiger charge is -2.21. The van der Waals surface area contributed by atoms with Gasteiger partial charge in [-0.3, -0.25) is 4.79 Å². The van der Waals surface area contributed by atoms with Gasteiger partial charge in [-0.2, -0.15) is 0 Å². The van der Waals surface area contributed by atoms with Crippen LogP contribution in [0.5, 0.6) is 0 Å². The van der Waals surface area contributed by atoms with E-state index in [9.17, 15) is 14.7 Å². The molecule has 20 heavy (non-hydrogen) atoms. The van der Waals surface area contributed by atoms with E-state index in [1.807, 2.05) is 51.1 Å². The first-order valence-electron chi connectivity index (χ1n) is 7.03. The van der Waals surface area contributed by atoms with Crippen LogP contribution in [0.25, 0.3) is 0 Å². The zero-order chi connectivity index (χ0) is 15.1. The van der Waals surface area contributed by atoms with Crippen molar-refractivity contribution < 1.29 is 14.7 Å². The highest BCUT2D eigenvalue weighted by Crippen LogP contribution is 2.20. The third kappa shape index (κ3) is 4.68. The van der Waals surface area contributed by atoms with Crippen LogP contribution in [0.3, 0.4) is 0 Å². The van der Waals surface area contributed by atoms with Gasteiger partial charge in [-0.15, -0.1) is 0 Å². The fourth-order valence-electron chi connectivity index (χ4n) is 2.22. The minimum absolute atomic E-state index is 0.216. The number of carboxylic acids is 1. The largest absolute Gasteiger partial charge is 0.480 e. The second-order valence-corrected chi connectivity index (χ2v) is 5.40. The SMILES string of the molecule is CCC(C(=O)N[C@H](CC(C)C)C(=O)O)c1ccccc1. The first kappa shape index (κ1) is 16.2. The van der Waals surface area contributed by atoms with Crippen LogP contribution in [-0.2, 0) is 9.59 Å². The summed E-state index contributed by atoms with van der Waals surface area (Å²) in [6, 6.07) is 8.63. The van der Waals surface area contributed by atoms with Crippen LogP contribution in [0.15, 0.2) is 30.3 Å². The average Bonchev–Trinajstić information content (AvgIpc) is 2.39. The number of aliphatic carboxylic acids is 1. The van der Waals surface area contributed by atoms with Crippen LogP contribution in [0.4, 0.5) is 0 Å². The van der Waals surface area contributed by atoms with Crippen LogP contribution in [0.1, 0.15) is 45.1 Å². The Morgan fingerprint density at radius 3 is 2.25 bits per heavy atom. The maximum atomic E-state index is 12.3.